The van der Waals surface area contributed by atoms with Gasteiger partial charge in [0.15, 0.2) is 0 Å². The van der Waals surface area contributed by atoms with Crippen LogP contribution in [0.5, 0.6) is 0 Å². The highest BCUT2D eigenvalue weighted by atomic mass is 32.1. The first-order valence-corrected chi connectivity index (χ1v) is 6.79. The fourth-order valence-corrected chi connectivity index (χ4v) is 3.18. The molecule has 16 heavy (non-hydrogen) atoms. The second kappa shape index (κ2) is 4.99. The number of hydrogen-bond acceptors (Lipinski definition) is 3. The molecule has 3 heteroatoms. The molecule has 1 N–H and O–H groups in total. The van der Waals surface area contributed by atoms with Crippen LogP contribution in [0.4, 0.5) is 0 Å². The van der Waals surface area contributed by atoms with Gasteiger partial charge >= 0.3 is 0 Å². The maximum atomic E-state index is 8.74. The molecular weight excluding hydrogens is 216 g/mol. The summed E-state index contributed by atoms with van der Waals surface area (Å²) in [6, 6.07) is 4.82. The predicted molar refractivity (Wildman–Crippen MR) is 67.2 cm³/mol. The van der Waals surface area contributed by atoms with E-state index in [-0.39, 0.29) is 0 Å². The Kier molecular flexibility index (Phi) is 3.63. The van der Waals surface area contributed by atoms with Gasteiger partial charge in [0.05, 0.1) is 5.56 Å². The molecule has 2 rings (SSSR count). The maximum absolute atomic E-state index is 8.74. The van der Waals surface area contributed by atoms with Gasteiger partial charge in [0, 0.05) is 22.8 Å². The second-order valence-corrected chi connectivity index (χ2v) is 5.81. The summed E-state index contributed by atoms with van der Waals surface area (Å²) >= 11 is 1.67. The van der Waals surface area contributed by atoms with Crippen molar-refractivity contribution in [2.75, 3.05) is 0 Å². The minimum Gasteiger partial charge on any atom is -0.309 e. The van der Waals surface area contributed by atoms with Crippen molar-refractivity contribution in [1.29, 1.82) is 5.26 Å². The van der Waals surface area contributed by atoms with Crippen molar-refractivity contribution in [2.24, 2.45) is 11.8 Å². The SMILES string of the molecule is CC1CCC(NCc2cc(C#N)cs2)C1C. The van der Waals surface area contributed by atoms with Gasteiger partial charge in [0.2, 0.25) is 0 Å². The summed E-state index contributed by atoms with van der Waals surface area (Å²) in [5.41, 5.74) is 0.787. The Morgan fingerprint density at radius 1 is 1.50 bits per heavy atom. The lowest BCUT2D eigenvalue weighted by molar-refractivity contribution is 0.370. The largest absolute Gasteiger partial charge is 0.309 e. The van der Waals surface area contributed by atoms with Crippen molar-refractivity contribution in [3.8, 4) is 6.07 Å². The molecule has 0 aliphatic heterocycles. The molecule has 1 aromatic heterocycles. The van der Waals surface area contributed by atoms with E-state index in [9.17, 15) is 0 Å². The lowest BCUT2D eigenvalue weighted by atomic mass is 9.98. The minimum absolute atomic E-state index is 0.655. The average Bonchev–Trinajstić information content (AvgIpc) is 2.86. The van der Waals surface area contributed by atoms with Gasteiger partial charge in [-0.1, -0.05) is 13.8 Å². The smallest absolute Gasteiger partial charge is 0.100 e. The number of thiophene rings is 1. The summed E-state index contributed by atoms with van der Waals surface area (Å²) in [7, 11) is 0. The van der Waals surface area contributed by atoms with Gasteiger partial charge in [-0.05, 0) is 30.7 Å². The van der Waals surface area contributed by atoms with E-state index in [2.05, 4.69) is 25.2 Å². The van der Waals surface area contributed by atoms with Crippen LogP contribution < -0.4 is 5.32 Å². The summed E-state index contributed by atoms with van der Waals surface area (Å²) in [5, 5.41) is 14.3. The van der Waals surface area contributed by atoms with Crippen molar-refractivity contribution in [3.05, 3.63) is 21.9 Å². The van der Waals surface area contributed by atoms with Gasteiger partial charge < -0.3 is 5.32 Å². The Balaban J connectivity index is 1.86. The quantitative estimate of drug-likeness (QED) is 0.872. The Labute approximate surface area is 101 Å². The lowest BCUT2D eigenvalue weighted by Gasteiger charge is -2.19. The first-order chi connectivity index (χ1) is 7.70. The first-order valence-electron chi connectivity index (χ1n) is 5.91. The molecule has 1 saturated carbocycles. The molecular formula is C13H18N2S. The van der Waals surface area contributed by atoms with Gasteiger partial charge in [0.1, 0.15) is 6.07 Å². The number of nitrogens with zero attached hydrogens (tertiary/aromatic N) is 1. The van der Waals surface area contributed by atoms with Gasteiger partial charge in [-0.15, -0.1) is 11.3 Å². The zero-order chi connectivity index (χ0) is 11.5. The van der Waals surface area contributed by atoms with Crippen LogP contribution in [0.25, 0.3) is 0 Å². The minimum atomic E-state index is 0.655. The normalized spacial score (nSPS) is 29.2. The van der Waals surface area contributed by atoms with Crippen LogP contribution in [0.3, 0.4) is 0 Å². The van der Waals surface area contributed by atoms with E-state index >= 15 is 0 Å². The van der Waals surface area contributed by atoms with E-state index in [4.69, 9.17) is 5.26 Å². The fourth-order valence-electron chi connectivity index (χ4n) is 2.42. The molecule has 1 aromatic rings. The van der Waals surface area contributed by atoms with Crippen molar-refractivity contribution < 1.29 is 0 Å². The van der Waals surface area contributed by atoms with Crippen LogP contribution in [0.1, 0.15) is 37.1 Å². The fraction of sp³-hybridized carbons (Fsp3) is 0.615. The topological polar surface area (TPSA) is 35.8 Å². The molecule has 3 atom stereocenters. The van der Waals surface area contributed by atoms with Gasteiger partial charge in [0.25, 0.3) is 0 Å². The molecule has 0 radical (unpaired) electrons. The standard InChI is InChI=1S/C13H18N2S/c1-9-3-4-13(10(9)2)15-7-12-5-11(6-14)8-16-12/h5,8-10,13,15H,3-4,7H2,1-2H3. The Morgan fingerprint density at radius 2 is 2.31 bits per heavy atom. The number of nitriles is 1. The third-order valence-electron chi connectivity index (χ3n) is 3.79. The van der Waals surface area contributed by atoms with Gasteiger partial charge in [-0.2, -0.15) is 5.26 Å². The summed E-state index contributed by atoms with van der Waals surface area (Å²) < 4.78 is 0. The van der Waals surface area contributed by atoms with Crippen molar-refractivity contribution in [1.82, 2.24) is 5.32 Å². The van der Waals surface area contributed by atoms with E-state index < -0.39 is 0 Å². The summed E-state index contributed by atoms with van der Waals surface area (Å²) in [4.78, 5) is 1.27. The number of nitrogens with one attached hydrogen (secondary N) is 1. The van der Waals surface area contributed by atoms with Crippen LogP contribution in [-0.4, -0.2) is 6.04 Å². The van der Waals surface area contributed by atoms with Crippen LogP contribution >= 0.6 is 11.3 Å². The van der Waals surface area contributed by atoms with Crippen LogP contribution in [0.15, 0.2) is 11.4 Å². The van der Waals surface area contributed by atoms with Crippen molar-refractivity contribution >= 4 is 11.3 Å². The monoisotopic (exact) mass is 234 g/mol. The average molecular weight is 234 g/mol. The van der Waals surface area contributed by atoms with E-state index in [0.29, 0.717) is 6.04 Å². The molecule has 2 nitrogen and oxygen atoms in total. The number of hydrogen-bond donors (Lipinski definition) is 1. The summed E-state index contributed by atoms with van der Waals surface area (Å²) in [5.74, 6) is 1.62. The zero-order valence-electron chi connectivity index (χ0n) is 9.86. The Bertz CT molecular complexity index is 391. The third kappa shape index (κ3) is 2.45. The molecule has 1 fully saturated rings. The van der Waals surface area contributed by atoms with Crippen molar-refractivity contribution in [3.63, 3.8) is 0 Å². The van der Waals surface area contributed by atoms with Gasteiger partial charge in [-0.3, -0.25) is 0 Å². The highest BCUT2D eigenvalue weighted by Gasteiger charge is 2.28. The molecule has 0 aromatic carbocycles. The Morgan fingerprint density at radius 3 is 2.88 bits per heavy atom. The third-order valence-corrected chi connectivity index (χ3v) is 4.72. The highest BCUT2D eigenvalue weighted by Crippen LogP contribution is 2.31. The van der Waals surface area contributed by atoms with Crippen molar-refractivity contribution in [2.45, 2.75) is 39.3 Å². The number of rotatable bonds is 3. The molecule has 0 saturated heterocycles. The highest BCUT2D eigenvalue weighted by molar-refractivity contribution is 7.10. The van der Waals surface area contributed by atoms with Crippen LogP contribution in [-0.2, 0) is 6.54 Å². The van der Waals surface area contributed by atoms with E-state index in [1.54, 1.807) is 11.3 Å². The van der Waals surface area contributed by atoms with E-state index in [1.165, 1.54) is 17.7 Å². The Hall–Kier alpha value is -0.850. The maximum Gasteiger partial charge on any atom is 0.100 e. The predicted octanol–water partition coefficient (Wildman–Crippen LogP) is 3.14. The van der Waals surface area contributed by atoms with Gasteiger partial charge in [-0.25, -0.2) is 0 Å². The molecule has 3 unspecified atom stereocenters. The lowest BCUT2D eigenvalue weighted by Crippen LogP contribution is -2.31. The van der Waals surface area contributed by atoms with Crippen LogP contribution in [0, 0.1) is 23.2 Å². The van der Waals surface area contributed by atoms with Crippen LogP contribution in [0.2, 0.25) is 0 Å². The molecule has 86 valence electrons. The summed E-state index contributed by atoms with van der Waals surface area (Å²) in [6.07, 6.45) is 2.63. The zero-order valence-corrected chi connectivity index (χ0v) is 10.7. The van der Waals surface area contributed by atoms with E-state index in [0.717, 1.165) is 23.9 Å². The second-order valence-electron chi connectivity index (χ2n) is 4.81. The molecule has 0 bridgehead atoms. The first kappa shape index (κ1) is 11.6. The molecule has 0 spiro atoms. The molecule has 0 amide bonds. The summed E-state index contributed by atoms with van der Waals surface area (Å²) in [6.45, 7) is 5.59. The van der Waals surface area contributed by atoms with E-state index in [1.807, 2.05) is 11.4 Å². The molecule has 1 aliphatic carbocycles. The molecule has 1 aliphatic rings. The molecule has 1 heterocycles.